The molecule has 1 amide bonds. The molecule has 0 atom stereocenters. The van der Waals surface area contributed by atoms with Gasteiger partial charge in [-0.1, -0.05) is 6.07 Å². The summed E-state index contributed by atoms with van der Waals surface area (Å²) < 4.78 is 0. The lowest BCUT2D eigenvalue weighted by atomic mass is 10.1. The van der Waals surface area contributed by atoms with Crippen molar-refractivity contribution in [3.8, 4) is 0 Å². The largest absolute Gasteiger partial charge is 0.399 e. The van der Waals surface area contributed by atoms with Crippen LogP contribution in [0.5, 0.6) is 0 Å². The quantitative estimate of drug-likeness (QED) is 0.526. The lowest BCUT2D eigenvalue weighted by Gasteiger charge is -2.14. The lowest BCUT2D eigenvalue weighted by Crippen LogP contribution is -2.40. The fourth-order valence-electron chi connectivity index (χ4n) is 1.30. The Bertz CT molecular complexity index is 375. The number of aryl methyl sites for hydroxylation is 1. The highest BCUT2D eigenvalue weighted by atomic mass is 16.3. The first kappa shape index (κ1) is 12.5. The predicted molar refractivity (Wildman–Crippen MR) is 61.0 cm³/mol. The zero-order valence-electron chi connectivity index (χ0n) is 9.10. The van der Waals surface area contributed by atoms with E-state index in [1.54, 1.807) is 25.1 Å². The molecular weight excluding hydrogens is 208 g/mol. The molecule has 0 bridgehead atoms. The molecule has 0 aliphatic heterocycles. The molecule has 0 heterocycles. The molecule has 5 nitrogen and oxygen atoms in total. The van der Waals surface area contributed by atoms with Crippen molar-refractivity contribution in [2.75, 3.05) is 18.9 Å². The lowest BCUT2D eigenvalue weighted by molar-refractivity contribution is 0.0879. The first-order valence-electron chi connectivity index (χ1n) is 4.97. The summed E-state index contributed by atoms with van der Waals surface area (Å²) in [5, 5.41) is 20.2. The summed E-state index contributed by atoms with van der Waals surface area (Å²) in [6.07, 6.45) is 0. The number of aliphatic hydroxyl groups excluding tert-OH is 2. The van der Waals surface area contributed by atoms with E-state index in [9.17, 15) is 4.79 Å². The van der Waals surface area contributed by atoms with Crippen LogP contribution < -0.4 is 11.1 Å². The molecular formula is C11H16N2O3. The molecule has 5 heteroatoms. The summed E-state index contributed by atoms with van der Waals surface area (Å²) >= 11 is 0. The van der Waals surface area contributed by atoms with Gasteiger partial charge in [-0.2, -0.15) is 0 Å². The fourth-order valence-corrected chi connectivity index (χ4v) is 1.30. The monoisotopic (exact) mass is 224 g/mol. The molecule has 0 aliphatic carbocycles. The minimum atomic E-state index is -0.645. The van der Waals surface area contributed by atoms with E-state index < -0.39 is 6.04 Å². The molecule has 1 aromatic carbocycles. The second-order valence-electron chi connectivity index (χ2n) is 3.61. The van der Waals surface area contributed by atoms with E-state index in [0.29, 0.717) is 11.3 Å². The molecule has 5 N–H and O–H groups in total. The third-order valence-electron chi connectivity index (χ3n) is 2.28. The number of nitrogens with two attached hydrogens (primary N) is 1. The molecule has 16 heavy (non-hydrogen) atoms. The third-order valence-corrected chi connectivity index (χ3v) is 2.28. The number of nitrogen functional groups attached to an aromatic ring is 1. The van der Waals surface area contributed by atoms with Gasteiger partial charge in [0.2, 0.25) is 0 Å². The van der Waals surface area contributed by atoms with E-state index in [4.69, 9.17) is 15.9 Å². The predicted octanol–water partition coefficient (Wildman–Crippen LogP) is -0.340. The third kappa shape index (κ3) is 2.95. The Morgan fingerprint density at radius 2 is 2.06 bits per heavy atom. The highest BCUT2D eigenvalue weighted by Crippen LogP contribution is 2.12. The summed E-state index contributed by atoms with van der Waals surface area (Å²) in [5.41, 5.74) is 7.33. The van der Waals surface area contributed by atoms with Crippen LogP contribution >= 0.6 is 0 Å². The summed E-state index contributed by atoms with van der Waals surface area (Å²) in [7, 11) is 0. The van der Waals surface area contributed by atoms with Crippen molar-refractivity contribution >= 4 is 11.6 Å². The van der Waals surface area contributed by atoms with Crippen molar-refractivity contribution in [2.24, 2.45) is 0 Å². The van der Waals surface area contributed by atoms with E-state index in [-0.39, 0.29) is 19.1 Å². The minimum Gasteiger partial charge on any atom is -0.399 e. The van der Waals surface area contributed by atoms with Crippen molar-refractivity contribution in [3.05, 3.63) is 29.3 Å². The number of hydrogen-bond donors (Lipinski definition) is 4. The molecule has 0 unspecified atom stereocenters. The minimum absolute atomic E-state index is 0.302. The maximum Gasteiger partial charge on any atom is 0.252 e. The van der Waals surface area contributed by atoms with E-state index in [0.717, 1.165) is 5.56 Å². The molecule has 0 saturated carbocycles. The number of aliphatic hydroxyl groups is 2. The van der Waals surface area contributed by atoms with Crippen molar-refractivity contribution in [1.29, 1.82) is 0 Å². The van der Waals surface area contributed by atoms with Gasteiger partial charge >= 0.3 is 0 Å². The zero-order chi connectivity index (χ0) is 12.1. The summed E-state index contributed by atoms with van der Waals surface area (Å²) in [6.45, 7) is 1.19. The molecule has 0 radical (unpaired) electrons. The van der Waals surface area contributed by atoms with E-state index in [1.807, 2.05) is 0 Å². The van der Waals surface area contributed by atoms with Gasteiger partial charge in [0.05, 0.1) is 19.3 Å². The fraction of sp³-hybridized carbons (Fsp3) is 0.364. The Kier molecular flexibility index (Phi) is 4.28. The highest BCUT2D eigenvalue weighted by molar-refractivity contribution is 5.96. The van der Waals surface area contributed by atoms with Gasteiger partial charge in [0.1, 0.15) is 0 Å². The normalized spacial score (nSPS) is 10.5. The number of nitrogens with one attached hydrogen (secondary N) is 1. The number of rotatable bonds is 4. The zero-order valence-corrected chi connectivity index (χ0v) is 9.10. The maximum absolute atomic E-state index is 11.8. The number of anilines is 1. The van der Waals surface area contributed by atoms with Gasteiger partial charge in [-0.15, -0.1) is 0 Å². The van der Waals surface area contributed by atoms with Crippen molar-refractivity contribution in [3.63, 3.8) is 0 Å². The van der Waals surface area contributed by atoms with Gasteiger partial charge in [0, 0.05) is 11.3 Å². The van der Waals surface area contributed by atoms with Crippen LogP contribution in [0.15, 0.2) is 18.2 Å². The highest BCUT2D eigenvalue weighted by Gasteiger charge is 2.13. The van der Waals surface area contributed by atoms with Crippen LogP contribution in [-0.2, 0) is 0 Å². The van der Waals surface area contributed by atoms with Crippen LogP contribution in [0.2, 0.25) is 0 Å². The topological polar surface area (TPSA) is 95.6 Å². The van der Waals surface area contributed by atoms with Crippen molar-refractivity contribution in [2.45, 2.75) is 13.0 Å². The summed E-state index contributed by atoms with van der Waals surface area (Å²) in [6, 6.07) is 4.38. The summed E-state index contributed by atoms with van der Waals surface area (Å²) in [5.74, 6) is -0.349. The molecule has 88 valence electrons. The van der Waals surface area contributed by atoms with Crippen LogP contribution in [0, 0.1) is 6.92 Å². The number of hydrogen-bond acceptors (Lipinski definition) is 4. The molecule has 0 fully saturated rings. The van der Waals surface area contributed by atoms with Crippen molar-refractivity contribution in [1.82, 2.24) is 5.32 Å². The van der Waals surface area contributed by atoms with E-state index >= 15 is 0 Å². The second-order valence-corrected chi connectivity index (χ2v) is 3.61. The van der Waals surface area contributed by atoms with E-state index in [2.05, 4.69) is 5.32 Å². The molecule has 0 spiro atoms. The molecule has 1 rings (SSSR count). The van der Waals surface area contributed by atoms with Gasteiger partial charge < -0.3 is 21.3 Å². The maximum atomic E-state index is 11.8. The van der Waals surface area contributed by atoms with Crippen LogP contribution in [-0.4, -0.2) is 35.4 Å². The second kappa shape index (κ2) is 5.48. The summed E-state index contributed by atoms with van der Waals surface area (Å²) in [4.78, 5) is 11.8. The van der Waals surface area contributed by atoms with Crippen LogP contribution in [0.25, 0.3) is 0 Å². The molecule has 1 aromatic rings. The van der Waals surface area contributed by atoms with Gasteiger partial charge in [-0.25, -0.2) is 0 Å². The number of benzene rings is 1. The van der Waals surface area contributed by atoms with Gasteiger partial charge in [0.15, 0.2) is 0 Å². The Hall–Kier alpha value is -1.59. The molecule has 0 aliphatic rings. The van der Waals surface area contributed by atoms with Gasteiger partial charge in [0.25, 0.3) is 5.91 Å². The number of carbonyl (C=O) groups is 1. The standard InChI is InChI=1S/C11H16N2O3/c1-7-2-3-8(12)4-10(7)11(16)13-9(5-14)6-15/h2-4,9,14-15H,5-6,12H2,1H3,(H,13,16). The average molecular weight is 224 g/mol. The van der Waals surface area contributed by atoms with Crippen LogP contribution in [0.1, 0.15) is 15.9 Å². The molecule has 0 saturated heterocycles. The van der Waals surface area contributed by atoms with Crippen molar-refractivity contribution < 1.29 is 15.0 Å². The smallest absolute Gasteiger partial charge is 0.252 e. The SMILES string of the molecule is Cc1ccc(N)cc1C(=O)NC(CO)CO. The number of carbonyl (C=O) groups excluding carboxylic acids is 1. The first-order valence-corrected chi connectivity index (χ1v) is 4.97. The molecule has 0 aromatic heterocycles. The number of amides is 1. The van der Waals surface area contributed by atoms with Crippen LogP contribution in [0.4, 0.5) is 5.69 Å². The van der Waals surface area contributed by atoms with E-state index in [1.165, 1.54) is 0 Å². The van der Waals surface area contributed by atoms with Gasteiger partial charge in [-0.3, -0.25) is 4.79 Å². The Labute approximate surface area is 93.9 Å². The Balaban J connectivity index is 2.83. The van der Waals surface area contributed by atoms with Gasteiger partial charge in [-0.05, 0) is 24.6 Å². The Morgan fingerprint density at radius 3 is 2.62 bits per heavy atom. The average Bonchev–Trinajstić information content (AvgIpc) is 2.28. The van der Waals surface area contributed by atoms with Crippen LogP contribution in [0.3, 0.4) is 0 Å². The first-order chi connectivity index (χ1) is 7.58. The Morgan fingerprint density at radius 1 is 1.44 bits per heavy atom.